The van der Waals surface area contributed by atoms with Gasteiger partial charge in [-0.05, 0) is 23.6 Å². The van der Waals surface area contributed by atoms with E-state index in [-0.39, 0.29) is 16.7 Å². The molecule has 0 bridgehead atoms. The highest BCUT2D eigenvalue weighted by Crippen LogP contribution is 2.20. The predicted octanol–water partition coefficient (Wildman–Crippen LogP) is 3.43. The van der Waals surface area contributed by atoms with Crippen LogP contribution in [0.4, 0.5) is 5.69 Å². The van der Waals surface area contributed by atoms with Crippen molar-refractivity contribution in [2.45, 2.75) is 18.7 Å². The number of amides is 1. The number of hydrogen-bond donors (Lipinski definition) is 2. The first-order valence-electron chi connectivity index (χ1n) is 6.11. The molecule has 1 amide bonds. The quantitative estimate of drug-likeness (QED) is 0.847. The molecule has 0 aliphatic carbocycles. The highest BCUT2D eigenvalue weighted by atomic mass is 79.9. The molecule has 2 N–H and O–H groups in total. The van der Waals surface area contributed by atoms with E-state index in [0.29, 0.717) is 0 Å². The molecule has 100 valence electrons. The lowest BCUT2D eigenvalue weighted by molar-refractivity contribution is -0.116. The molecular formula is C14H16BrN3O. The van der Waals surface area contributed by atoms with Crippen molar-refractivity contribution in [2.75, 3.05) is 5.32 Å². The van der Waals surface area contributed by atoms with Gasteiger partial charge in [0.15, 0.2) is 0 Å². The van der Waals surface area contributed by atoms with Crippen LogP contribution in [0, 0.1) is 5.92 Å². The fourth-order valence-electron chi connectivity index (χ4n) is 1.66. The highest BCUT2D eigenvalue weighted by molar-refractivity contribution is 9.10. The number of imidazole rings is 1. The van der Waals surface area contributed by atoms with Crippen LogP contribution in [0.1, 0.15) is 13.8 Å². The molecule has 1 atom stereocenters. The van der Waals surface area contributed by atoms with Gasteiger partial charge in [0, 0.05) is 5.69 Å². The number of nitrogens with zero attached hydrogens (tertiary/aromatic N) is 1. The summed E-state index contributed by atoms with van der Waals surface area (Å²) in [5.41, 5.74) is 2.78. The average Bonchev–Trinajstić information content (AvgIpc) is 2.92. The zero-order valence-electron chi connectivity index (χ0n) is 10.9. The zero-order chi connectivity index (χ0) is 13.8. The van der Waals surface area contributed by atoms with E-state index in [2.05, 4.69) is 31.2 Å². The number of nitrogens with one attached hydrogen (secondary N) is 2. The summed E-state index contributed by atoms with van der Waals surface area (Å²) < 4.78 is 0. The van der Waals surface area contributed by atoms with Gasteiger partial charge < -0.3 is 10.3 Å². The van der Waals surface area contributed by atoms with E-state index < -0.39 is 0 Å². The molecule has 5 heteroatoms. The summed E-state index contributed by atoms with van der Waals surface area (Å²) in [4.78, 5) is 18.7. The number of halogens is 1. The van der Waals surface area contributed by atoms with Gasteiger partial charge in [0.2, 0.25) is 5.91 Å². The Morgan fingerprint density at radius 2 is 2.00 bits per heavy atom. The van der Waals surface area contributed by atoms with Gasteiger partial charge in [-0.3, -0.25) is 4.79 Å². The lowest BCUT2D eigenvalue weighted by atomic mass is 10.1. The van der Waals surface area contributed by atoms with E-state index in [4.69, 9.17) is 0 Å². The number of carbonyl (C=O) groups is 1. The maximum absolute atomic E-state index is 11.9. The third kappa shape index (κ3) is 3.44. The summed E-state index contributed by atoms with van der Waals surface area (Å²) in [6.45, 7) is 4.00. The van der Waals surface area contributed by atoms with Gasteiger partial charge in [0.25, 0.3) is 0 Å². The number of benzene rings is 1. The Morgan fingerprint density at radius 1 is 1.32 bits per heavy atom. The van der Waals surface area contributed by atoms with Gasteiger partial charge in [-0.2, -0.15) is 0 Å². The molecule has 19 heavy (non-hydrogen) atoms. The fourth-order valence-corrected chi connectivity index (χ4v) is 1.78. The second-order valence-electron chi connectivity index (χ2n) is 4.68. The van der Waals surface area contributed by atoms with Gasteiger partial charge in [-0.25, -0.2) is 4.98 Å². The van der Waals surface area contributed by atoms with Gasteiger partial charge in [-0.15, -0.1) is 0 Å². The molecular weight excluding hydrogens is 306 g/mol. The number of hydrogen-bond acceptors (Lipinski definition) is 2. The minimum atomic E-state index is -0.181. The van der Waals surface area contributed by atoms with Crippen LogP contribution in [0.2, 0.25) is 0 Å². The van der Waals surface area contributed by atoms with Crippen molar-refractivity contribution in [3.63, 3.8) is 0 Å². The molecule has 2 rings (SSSR count). The van der Waals surface area contributed by atoms with Gasteiger partial charge in [0.1, 0.15) is 0 Å². The van der Waals surface area contributed by atoms with Crippen molar-refractivity contribution >= 4 is 27.5 Å². The SMILES string of the molecule is CC(C)C(Br)C(=O)Nc1ccc(-c2cnc[nH]2)cc1. The number of carbonyl (C=O) groups excluding carboxylic acids is 1. The van der Waals surface area contributed by atoms with Crippen molar-refractivity contribution in [3.8, 4) is 11.3 Å². The molecule has 0 aliphatic rings. The summed E-state index contributed by atoms with van der Waals surface area (Å²) in [5, 5.41) is 2.88. The van der Waals surface area contributed by atoms with Gasteiger partial charge in [0.05, 0.1) is 23.0 Å². The number of aromatic nitrogens is 2. The number of rotatable bonds is 4. The van der Waals surface area contributed by atoms with Crippen LogP contribution >= 0.6 is 15.9 Å². The topological polar surface area (TPSA) is 57.8 Å². The Kier molecular flexibility index (Phi) is 4.37. The van der Waals surface area contributed by atoms with Crippen LogP contribution in [0.15, 0.2) is 36.8 Å². The largest absolute Gasteiger partial charge is 0.345 e. The van der Waals surface area contributed by atoms with Crippen LogP contribution in [0.5, 0.6) is 0 Å². The molecule has 2 aromatic rings. The summed E-state index contributed by atoms with van der Waals surface area (Å²) in [7, 11) is 0. The van der Waals surface area contributed by atoms with Crippen LogP contribution in [-0.4, -0.2) is 20.7 Å². The Labute approximate surface area is 120 Å². The minimum absolute atomic E-state index is 0.0238. The first-order valence-corrected chi connectivity index (χ1v) is 7.03. The zero-order valence-corrected chi connectivity index (χ0v) is 12.4. The van der Waals surface area contributed by atoms with E-state index in [1.54, 1.807) is 12.5 Å². The lowest BCUT2D eigenvalue weighted by Gasteiger charge is -2.13. The van der Waals surface area contributed by atoms with Gasteiger partial charge >= 0.3 is 0 Å². The first-order chi connectivity index (χ1) is 9.08. The molecule has 0 saturated carbocycles. The molecule has 0 aliphatic heterocycles. The molecule has 0 fully saturated rings. The van der Waals surface area contributed by atoms with E-state index >= 15 is 0 Å². The molecule has 0 saturated heterocycles. The molecule has 0 spiro atoms. The van der Waals surface area contributed by atoms with Crippen molar-refractivity contribution in [2.24, 2.45) is 5.92 Å². The number of anilines is 1. The second kappa shape index (κ2) is 6.02. The van der Waals surface area contributed by atoms with Crippen LogP contribution in [0.25, 0.3) is 11.3 Å². The predicted molar refractivity (Wildman–Crippen MR) is 80.2 cm³/mol. The highest BCUT2D eigenvalue weighted by Gasteiger charge is 2.18. The molecule has 1 aromatic carbocycles. The Balaban J connectivity index is 2.05. The summed E-state index contributed by atoms with van der Waals surface area (Å²) in [5.74, 6) is 0.230. The summed E-state index contributed by atoms with van der Waals surface area (Å²) >= 11 is 3.39. The maximum Gasteiger partial charge on any atom is 0.238 e. The van der Waals surface area contributed by atoms with Crippen molar-refractivity contribution in [3.05, 3.63) is 36.8 Å². The molecule has 1 aromatic heterocycles. The lowest BCUT2D eigenvalue weighted by Crippen LogP contribution is -2.26. The minimum Gasteiger partial charge on any atom is -0.345 e. The molecule has 1 heterocycles. The van der Waals surface area contributed by atoms with Gasteiger partial charge in [-0.1, -0.05) is 41.9 Å². The maximum atomic E-state index is 11.9. The van der Waals surface area contributed by atoms with Crippen molar-refractivity contribution in [1.82, 2.24) is 9.97 Å². The normalized spacial score (nSPS) is 12.4. The van der Waals surface area contributed by atoms with Crippen molar-refractivity contribution in [1.29, 1.82) is 0 Å². The fraction of sp³-hybridized carbons (Fsp3) is 0.286. The Bertz CT molecular complexity index is 534. The van der Waals surface area contributed by atoms with E-state index in [9.17, 15) is 4.79 Å². The van der Waals surface area contributed by atoms with Crippen LogP contribution in [-0.2, 0) is 4.79 Å². The third-order valence-electron chi connectivity index (χ3n) is 2.80. The van der Waals surface area contributed by atoms with E-state index in [1.165, 1.54) is 0 Å². The standard InChI is InChI=1S/C14H16BrN3O/c1-9(2)13(15)14(19)18-11-5-3-10(4-6-11)12-7-16-8-17-12/h3-9,13H,1-2H3,(H,16,17)(H,18,19). The van der Waals surface area contributed by atoms with E-state index in [0.717, 1.165) is 16.9 Å². The van der Waals surface area contributed by atoms with E-state index in [1.807, 2.05) is 38.1 Å². The Hall–Kier alpha value is -1.62. The first kappa shape index (κ1) is 13.8. The number of alkyl halides is 1. The summed E-state index contributed by atoms with van der Waals surface area (Å²) in [6, 6.07) is 7.66. The summed E-state index contributed by atoms with van der Waals surface area (Å²) in [6.07, 6.45) is 3.41. The number of aromatic amines is 1. The van der Waals surface area contributed by atoms with Crippen LogP contribution < -0.4 is 5.32 Å². The molecule has 1 unspecified atom stereocenters. The Morgan fingerprint density at radius 3 is 2.53 bits per heavy atom. The monoisotopic (exact) mass is 321 g/mol. The number of H-pyrrole nitrogens is 1. The smallest absolute Gasteiger partial charge is 0.238 e. The van der Waals surface area contributed by atoms with Crippen molar-refractivity contribution < 1.29 is 4.79 Å². The average molecular weight is 322 g/mol. The molecule has 4 nitrogen and oxygen atoms in total. The second-order valence-corrected chi connectivity index (χ2v) is 5.66. The van der Waals surface area contributed by atoms with Crippen LogP contribution in [0.3, 0.4) is 0 Å². The third-order valence-corrected chi connectivity index (χ3v) is 4.27. The molecule has 0 radical (unpaired) electrons.